The minimum Gasteiger partial charge on any atom is -0.385 e. The molecule has 82 valence electrons. The number of aliphatic hydroxyl groups excluding tert-OH is 1. The van der Waals surface area contributed by atoms with Crippen LogP contribution in [-0.4, -0.2) is 28.5 Å². The quantitative estimate of drug-likeness (QED) is 0.372. The lowest BCUT2D eigenvalue weighted by molar-refractivity contribution is -0.125. The number of nitroso groups, excluding NO2 is 1. The van der Waals surface area contributed by atoms with Gasteiger partial charge in [-0.1, -0.05) is 0 Å². The summed E-state index contributed by atoms with van der Waals surface area (Å²) >= 11 is 0. The van der Waals surface area contributed by atoms with E-state index in [9.17, 15) is 14.3 Å². The molecule has 0 aliphatic heterocycles. The number of ketones is 1. The molecule has 2 atom stereocenters. The first-order valence-electron chi connectivity index (χ1n) is 3.90. The van der Waals surface area contributed by atoms with Crippen molar-refractivity contribution < 1.29 is 23.9 Å². The molecule has 0 saturated carbocycles. The summed E-state index contributed by atoms with van der Waals surface area (Å²) in [5, 5.41) is 8.99. The van der Waals surface area contributed by atoms with Crippen molar-refractivity contribution in [3.63, 3.8) is 0 Å². The van der Waals surface area contributed by atoms with Crippen LogP contribution in [0.15, 0.2) is 4.95 Å². The fraction of sp³-hybridized carbons (Fsp3) is 0.833. The van der Waals surface area contributed by atoms with Crippen molar-refractivity contribution in [1.29, 1.82) is 0 Å². The van der Waals surface area contributed by atoms with Crippen LogP contribution in [0.25, 0.3) is 0 Å². The maximum Gasteiger partial charge on any atom is 0.487 e. The molecule has 0 fully saturated rings. The molecule has 0 radical (unpaired) electrons. The van der Waals surface area contributed by atoms with Crippen LogP contribution in [-0.2, 0) is 13.9 Å². The highest BCUT2D eigenvalue weighted by Crippen LogP contribution is 2.42. The second-order valence-corrected chi connectivity index (χ2v) is 4.08. The zero-order valence-electron chi connectivity index (χ0n) is 7.62. The van der Waals surface area contributed by atoms with E-state index in [1.54, 1.807) is 0 Å². The van der Waals surface area contributed by atoms with Crippen LogP contribution in [0.1, 0.15) is 19.8 Å². The Bertz CT molecular complexity index is 255. The molecule has 0 bridgehead atoms. The molecule has 2 N–H and O–H groups in total. The first kappa shape index (κ1) is 13.4. The van der Waals surface area contributed by atoms with E-state index in [1.807, 2.05) is 4.95 Å². The van der Waals surface area contributed by atoms with Crippen LogP contribution in [0.2, 0.25) is 0 Å². The smallest absolute Gasteiger partial charge is 0.385 e. The van der Waals surface area contributed by atoms with Crippen LogP contribution < -0.4 is 0 Å². The summed E-state index contributed by atoms with van der Waals surface area (Å²) in [7, 11) is -4.35. The lowest BCUT2D eigenvalue weighted by Gasteiger charge is -2.06. The molecule has 0 amide bonds. The van der Waals surface area contributed by atoms with E-state index in [2.05, 4.69) is 4.52 Å². The summed E-state index contributed by atoms with van der Waals surface area (Å²) in [4.78, 5) is 30.6. The van der Waals surface area contributed by atoms with E-state index >= 15 is 0 Å². The van der Waals surface area contributed by atoms with Gasteiger partial charge in [0.05, 0.1) is 6.61 Å². The standard InChI is InChI=1S/C6H12NO6P/c1-5(8)6(9)3-2-4-13-14(11,12)7-10/h6,9H,2-4H2,1H3,(H,11,12). The molecule has 14 heavy (non-hydrogen) atoms. The average Bonchev–Trinajstić information content (AvgIpc) is 2.12. The Balaban J connectivity index is 3.62. The Morgan fingerprint density at radius 1 is 1.64 bits per heavy atom. The van der Waals surface area contributed by atoms with Gasteiger partial charge in [0.1, 0.15) is 6.10 Å². The Morgan fingerprint density at radius 2 is 2.21 bits per heavy atom. The predicted octanol–water partition coefficient (Wildman–Crippen LogP) is 0.600. The van der Waals surface area contributed by atoms with Gasteiger partial charge in [-0.15, -0.1) is 4.91 Å². The van der Waals surface area contributed by atoms with Gasteiger partial charge in [0.25, 0.3) is 0 Å². The van der Waals surface area contributed by atoms with Crippen LogP contribution in [0, 0.1) is 4.91 Å². The fourth-order valence-electron chi connectivity index (χ4n) is 0.687. The van der Waals surface area contributed by atoms with Crippen molar-refractivity contribution in [2.24, 2.45) is 4.95 Å². The summed E-state index contributed by atoms with van der Waals surface area (Å²) in [6.45, 7) is 1.03. The summed E-state index contributed by atoms with van der Waals surface area (Å²) < 4.78 is 14.7. The minimum absolute atomic E-state index is 0.119. The second kappa shape index (κ2) is 5.98. The van der Waals surface area contributed by atoms with E-state index in [1.165, 1.54) is 6.92 Å². The molecule has 7 nitrogen and oxygen atoms in total. The maximum atomic E-state index is 10.5. The molecular formula is C6H12NO6P. The van der Waals surface area contributed by atoms with Crippen LogP contribution in [0.4, 0.5) is 0 Å². The van der Waals surface area contributed by atoms with Crippen molar-refractivity contribution >= 4 is 13.5 Å². The number of aliphatic hydroxyl groups is 1. The number of carbonyl (C=O) groups is 1. The van der Waals surface area contributed by atoms with Crippen LogP contribution in [0.5, 0.6) is 0 Å². The zero-order valence-corrected chi connectivity index (χ0v) is 8.51. The minimum atomic E-state index is -4.35. The highest BCUT2D eigenvalue weighted by atomic mass is 31.2. The fourth-order valence-corrected chi connectivity index (χ4v) is 1.10. The number of nitrogens with zero attached hydrogens (tertiary/aromatic N) is 1. The maximum absolute atomic E-state index is 10.5. The number of hydrogen-bond acceptors (Lipinski definition) is 5. The van der Waals surface area contributed by atoms with Gasteiger partial charge in [0.2, 0.25) is 0 Å². The summed E-state index contributed by atoms with van der Waals surface area (Å²) in [6, 6.07) is 0. The number of rotatable bonds is 7. The van der Waals surface area contributed by atoms with Gasteiger partial charge in [-0.2, -0.15) is 0 Å². The van der Waals surface area contributed by atoms with Crippen molar-refractivity contribution in [2.45, 2.75) is 25.9 Å². The Kier molecular flexibility index (Phi) is 5.71. The molecule has 2 unspecified atom stereocenters. The summed E-state index contributed by atoms with van der Waals surface area (Å²) in [5.41, 5.74) is 0. The predicted molar refractivity (Wildman–Crippen MR) is 47.5 cm³/mol. The van der Waals surface area contributed by atoms with Crippen molar-refractivity contribution in [2.75, 3.05) is 6.61 Å². The van der Waals surface area contributed by atoms with Gasteiger partial charge in [0.15, 0.2) is 5.78 Å². The summed E-state index contributed by atoms with van der Waals surface area (Å²) in [5.74, 6) is -0.384. The number of Topliss-reactive ketones (excluding diaryl/α,β-unsaturated/α-hetero) is 1. The van der Waals surface area contributed by atoms with Crippen molar-refractivity contribution in [3.05, 3.63) is 4.91 Å². The first-order valence-corrected chi connectivity index (χ1v) is 5.43. The van der Waals surface area contributed by atoms with Gasteiger partial charge >= 0.3 is 7.75 Å². The Labute approximate surface area is 80.6 Å². The zero-order chi connectivity index (χ0) is 11.2. The second-order valence-electron chi connectivity index (χ2n) is 2.67. The summed E-state index contributed by atoms with van der Waals surface area (Å²) in [6.07, 6.45) is -0.782. The highest BCUT2D eigenvalue weighted by molar-refractivity contribution is 7.51. The molecule has 0 rings (SSSR count). The monoisotopic (exact) mass is 225 g/mol. The lowest BCUT2D eigenvalue weighted by Crippen LogP contribution is -2.17. The van der Waals surface area contributed by atoms with E-state index in [0.717, 1.165) is 0 Å². The highest BCUT2D eigenvalue weighted by Gasteiger charge is 2.19. The third-order valence-electron chi connectivity index (χ3n) is 1.45. The molecule has 0 spiro atoms. The third kappa shape index (κ3) is 5.93. The van der Waals surface area contributed by atoms with E-state index in [4.69, 9.17) is 10.00 Å². The third-order valence-corrected chi connectivity index (χ3v) is 2.18. The van der Waals surface area contributed by atoms with Gasteiger partial charge < -0.3 is 10.00 Å². The van der Waals surface area contributed by atoms with E-state index < -0.39 is 13.9 Å². The lowest BCUT2D eigenvalue weighted by atomic mass is 10.1. The van der Waals surface area contributed by atoms with Gasteiger partial charge in [0, 0.05) is 4.95 Å². The van der Waals surface area contributed by atoms with Crippen molar-refractivity contribution in [1.82, 2.24) is 0 Å². The molecule has 0 aliphatic rings. The van der Waals surface area contributed by atoms with Crippen LogP contribution in [0.3, 0.4) is 0 Å². The molecule has 0 aromatic rings. The molecule has 0 aromatic heterocycles. The SMILES string of the molecule is CC(=O)C(O)CCCOP(=O)(O)N=O. The molecule has 0 aromatic carbocycles. The normalized spacial score (nSPS) is 17.1. The number of hydrogen-bond donors (Lipinski definition) is 2. The Hall–Kier alpha value is -0.620. The van der Waals surface area contributed by atoms with Crippen LogP contribution >= 0.6 is 7.75 Å². The largest absolute Gasteiger partial charge is 0.487 e. The molecule has 0 heterocycles. The molecule has 8 heteroatoms. The van der Waals surface area contributed by atoms with Gasteiger partial charge in [-0.3, -0.25) is 9.32 Å². The molecule has 0 aliphatic carbocycles. The molecular weight excluding hydrogens is 213 g/mol. The van der Waals surface area contributed by atoms with Crippen molar-refractivity contribution in [3.8, 4) is 0 Å². The van der Waals surface area contributed by atoms with E-state index in [-0.39, 0.29) is 25.2 Å². The Morgan fingerprint density at radius 3 is 2.64 bits per heavy atom. The van der Waals surface area contributed by atoms with Gasteiger partial charge in [-0.25, -0.2) is 4.57 Å². The van der Waals surface area contributed by atoms with Gasteiger partial charge in [-0.05, 0) is 19.8 Å². The average molecular weight is 225 g/mol. The molecule has 0 saturated heterocycles. The number of carbonyl (C=O) groups excluding carboxylic acids is 1. The van der Waals surface area contributed by atoms with E-state index in [0.29, 0.717) is 0 Å². The topological polar surface area (TPSA) is 113 Å². The first-order chi connectivity index (χ1) is 6.39.